The number of thiazole rings is 1. The molecule has 33 heavy (non-hydrogen) atoms. The predicted molar refractivity (Wildman–Crippen MR) is 138 cm³/mol. The van der Waals surface area contributed by atoms with Gasteiger partial charge in [0, 0.05) is 30.1 Å². The average molecular weight is 499 g/mol. The topological polar surface area (TPSA) is 68.1 Å². The molecule has 4 rings (SSSR count). The van der Waals surface area contributed by atoms with Gasteiger partial charge in [-0.05, 0) is 50.5 Å². The predicted octanol–water partition coefficient (Wildman–Crippen LogP) is 5.06. The Bertz CT molecular complexity index is 1420. The summed E-state index contributed by atoms with van der Waals surface area (Å²) in [6, 6.07) is 6.13. The minimum Gasteiger partial charge on any atom is -0.348 e. The summed E-state index contributed by atoms with van der Waals surface area (Å²) in [6.45, 7) is 8.06. The number of nitrogens with zero attached hydrogens (tertiary/aromatic N) is 4. The van der Waals surface area contributed by atoms with Crippen LogP contribution in [0.5, 0.6) is 0 Å². The average Bonchev–Trinajstić information content (AvgIpc) is 3.32. The molecule has 6 nitrogen and oxygen atoms in total. The van der Waals surface area contributed by atoms with E-state index in [1.54, 1.807) is 34.9 Å². The van der Waals surface area contributed by atoms with Gasteiger partial charge in [0.2, 0.25) is 5.91 Å². The smallest absolute Gasteiger partial charge is 0.267 e. The summed E-state index contributed by atoms with van der Waals surface area (Å²) in [5.74, 6) is 0.599. The SMILES string of the molecule is Cc1ccc(C)c(-n2c(SCc3csc(CC(=O)N(C)C)n3)nc3sc(C)c(C)c3c2=O)c1. The summed E-state index contributed by atoms with van der Waals surface area (Å²) in [7, 11) is 3.49. The highest BCUT2D eigenvalue weighted by atomic mass is 32.2. The first-order valence-corrected chi connectivity index (χ1v) is 13.2. The number of fused-ring (bicyclic) bond motifs is 1. The van der Waals surface area contributed by atoms with E-state index in [0.717, 1.165) is 42.8 Å². The molecule has 0 atom stereocenters. The molecule has 3 aromatic heterocycles. The fourth-order valence-electron chi connectivity index (χ4n) is 3.47. The lowest BCUT2D eigenvalue weighted by Crippen LogP contribution is -2.23. The van der Waals surface area contributed by atoms with E-state index in [1.165, 1.54) is 23.1 Å². The van der Waals surface area contributed by atoms with Crippen LogP contribution in [0.4, 0.5) is 0 Å². The molecule has 0 unspecified atom stereocenters. The highest BCUT2D eigenvalue weighted by Crippen LogP contribution is 2.31. The van der Waals surface area contributed by atoms with E-state index in [0.29, 0.717) is 22.7 Å². The van der Waals surface area contributed by atoms with Crippen LogP contribution < -0.4 is 5.56 Å². The van der Waals surface area contributed by atoms with Crippen molar-refractivity contribution in [1.29, 1.82) is 0 Å². The van der Waals surface area contributed by atoms with Gasteiger partial charge in [-0.1, -0.05) is 23.9 Å². The van der Waals surface area contributed by atoms with Gasteiger partial charge in [-0.3, -0.25) is 14.2 Å². The Labute approximate surface area is 205 Å². The first-order chi connectivity index (χ1) is 15.7. The molecule has 0 aliphatic heterocycles. The number of hydrogen-bond acceptors (Lipinski definition) is 7. The summed E-state index contributed by atoms with van der Waals surface area (Å²) in [6.07, 6.45) is 0.299. The largest absolute Gasteiger partial charge is 0.348 e. The molecule has 0 spiro atoms. The van der Waals surface area contributed by atoms with Crippen molar-refractivity contribution in [1.82, 2.24) is 19.4 Å². The van der Waals surface area contributed by atoms with E-state index in [-0.39, 0.29) is 11.5 Å². The highest BCUT2D eigenvalue weighted by Gasteiger charge is 2.20. The first-order valence-electron chi connectivity index (χ1n) is 10.5. The molecule has 0 bridgehead atoms. The Morgan fingerprint density at radius 2 is 1.91 bits per heavy atom. The Morgan fingerprint density at radius 1 is 1.15 bits per heavy atom. The Morgan fingerprint density at radius 3 is 2.64 bits per heavy atom. The summed E-state index contributed by atoms with van der Waals surface area (Å²) < 4.78 is 1.75. The van der Waals surface area contributed by atoms with E-state index in [1.807, 2.05) is 45.2 Å². The van der Waals surface area contributed by atoms with E-state index in [2.05, 4.69) is 11.1 Å². The number of thiophene rings is 1. The minimum absolute atomic E-state index is 0.0304. The van der Waals surface area contributed by atoms with Crippen LogP contribution in [0.3, 0.4) is 0 Å². The van der Waals surface area contributed by atoms with E-state index in [9.17, 15) is 9.59 Å². The third-order valence-corrected chi connectivity index (χ3v) is 8.50. The number of carbonyl (C=O) groups is 1. The van der Waals surface area contributed by atoms with E-state index >= 15 is 0 Å². The van der Waals surface area contributed by atoms with E-state index < -0.39 is 0 Å². The lowest BCUT2D eigenvalue weighted by molar-refractivity contribution is -0.127. The van der Waals surface area contributed by atoms with Crippen LogP contribution in [-0.2, 0) is 17.0 Å². The van der Waals surface area contributed by atoms with Crippen LogP contribution in [-0.4, -0.2) is 39.4 Å². The van der Waals surface area contributed by atoms with E-state index in [4.69, 9.17) is 4.98 Å². The molecule has 1 aromatic carbocycles. The molecule has 0 saturated carbocycles. The number of thioether (sulfide) groups is 1. The fourth-order valence-corrected chi connectivity index (χ4v) is 6.33. The zero-order valence-electron chi connectivity index (χ0n) is 19.6. The second-order valence-electron chi connectivity index (χ2n) is 8.27. The molecular weight excluding hydrogens is 472 g/mol. The van der Waals surface area contributed by atoms with Crippen LogP contribution >= 0.6 is 34.4 Å². The standard InChI is InChI=1S/C24H26N4O2S3/c1-13-7-8-14(2)18(9-13)28-23(30)21-15(3)16(4)33-22(21)26-24(28)32-12-17-11-31-19(25-17)10-20(29)27(5)6/h7-9,11H,10,12H2,1-6H3. The quantitative estimate of drug-likeness (QED) is 0.275. The number of amides is 1. The van der Waals surface area contributed by atoms with Crippen molar-refractivity contribution < 1.29 is 4.79 Å². The maximum atomic E-state index is 13.7. The molecule has 3 heterocycles. The van der Waals surface area contributed by atoms with Gasteiger partial charge < -0.3 is 4.90 Å². The highest BCUT2D eigenvalue weighted by molar-refractivity contribution is 7.98. The maximum absolute atomic E-state index is 13.7. The Hall–Kier alpha value is -2.49. The molecule has 4 aromatic rings. The second-order valence-corrected chi connectivity index (χ2v) is 11.4. The normalized spacial score (nSPS) is 11.3. The number of carbonyl (C=O) groups excluding carboxylic acids is 1. The molecule has 0 saturated heterocycles. The number of hydrogen-bond donors (Lipinski definition) is 0. The van der Waals surface area contributed by atoms with Gasteiger partial charge in [-0.15, -0.1) is 22.7 Å². The van der Waals surface area contributed by atoms with Crippen molar-refractivity contribution in [3.05, 3.63) is 66.2 Å². The molecule has 0 aliphatic carbocycles. The zero-order valence-corrected chi connectivity index (χ0v) is 22.0. The molecule has 0 radical (unpaired) electrons. The maximum Gasteiger partial charge on any atom is 0.267 e. The van der Waals surface area contributed by atoms with Gasteiger partial charge >= 0.3 is 0 Å². The van der Waals surface area contributed by atoms with Crippen LogP contribution in [0.15, 0.2) is 33.5 Å². The summed E-state index contributed by atoms with van der Waals surface area (Å²) in [5.41, 5.74) is 4.81. The summed E-state index contributed by atoms with van der Waals surface area (Å²) in [5, 5.41) is 4.12. The third-order valence-electron chi connectivity index (χ3n) is 5.53. The third kappa shape index (κ3) is 4.76. The lowest BCUT2D eigenvalue weighted by Gasteiger charge is -2.15. The molecule has 1 amide bonds. The Kier molecular flexibility index (Phi) is 6.74. The summed E-state index contributed by atoms with van der Waals surface area (Å²) >= 11 is 4.55. The van der Waals surface area contributed by atoms with Crippen molar-refractivity contribution in [2.24, 2.45) is 0 Å². The number of benzene rings is 1. The van der Waals surface area contributed by atoms with Crippen molar-refractivity contribution >= 4 is 50.6 Å². The van der Waals surface area contributed by atoms with Crippen LogP contribution in [0.25, 0.3) is 15.9 Å². The molecular formula is C24H26N4O2S3. The van der Waals surface area contributed by atoms with Crippen LogP contribution in [0, 0.1) is 27.7 Å². The van der Waals surface area contributed by atoms with Gasteiger partial charge in [-0.25, -0.2) is 9.97 Å². The second kappa shape index (κ2) is 9.40. The van der Waals surface area contributed by atoms with Gasteiger partial charge in [0.05, 0.1) is 23.2 Å². The van der Waals surface area contributed by atoms with Crippen molar-refractivity contribution in [3.8, 4) is 5.69 Å². The van der Waals surface area contributed by atoms with Gasteiger partial charge in [0.15, 0.2) is 5.16 Å². The molecule has 0 N–H and O–H groups in total. The monoisotopic (exact) mass is 498 g/mol. The molecule has 172 valence electrons. The summed E-state index contributed by atoms with van der Waals surface area (Å²) in [4.78, 5) is 38.7. The number of aromatic nitrogens is 3. The molecule has 0 aliphatic rings. The number of rotatable bonds is 6. The minimum atomic E-state index is -0.0337. The van der Waals surface area contributed by atoms with Crippen LogP contribution in [0.2, 0.25) is 0 Å². The Balaban J connectivity index is 1.74. The molecule has 0 fully saturated rings. The van der Waals surface area contributed by atoms with Gasteiger partial charge in [0.25, 0.3) is 5.56 Å². The van der Waals surface area contributed by atoms with Crippen molar-refractivity contribution in [3.63, 3.8) is 0 Å². The molecule has 9 heteroatoms. The lowest BCUT2D eigenvalue weighted by atomic mass is 10.1. The van der Waals surface area contributed by atoms with Crippen molar-refractivity contribution in [2.75, 3.05) is 14.1 Å². The first kappa shape index (κ1) is 23.7. The van der Waals surface area contributed by atoms with Gasteiger partial charge in [0.1, 0.15) is 9.84 Å². The zero-order chi connectivity index (χ0) is 23.9. The van der Waals surface area contributed by atoms with Gasteiger partial charge in [-0.2, -0.15) is 0 Å². The number of aryl methyl sites for hydroxylation is 4. The number of likely N-dealkylation sites (N-methyl/N-ethyl adjacent to an activating group) is 1. The fraction of sp³-hybridized carbons (Fsp3) is 0.333. The van der Waals surface area contributed by atoms with Crippen LogP contribution in [0.1, 0.15) is 32.3 Å². The van der Waals surface area contributed by atoms with Crippen molar-refractivity contribution in [2.45, 2.75) is 45.0 Å².